The summed E-state index contributed by atoms with van der Waals surface area (Å²) in [7, 11) is 5.40. The van der Waals surface area contributed by atoms with Crippen LogP contribution in [0.3, 0.4) is 0 Å². The number of ether oxygens (including phenoxy) is 3. The molecule has 0 aliphatic carbocycles. The van der Waals surface area contributed by atoms with Crippen molar-refractivity contribution in [3.63, 3.8) is 0 Å². The molecule has 0 saturated carbocycles. The van der Waals surface area contributed by atoms with Crippen LogP contribution in [0.5, 0.6) is 17.2 Å². The van der Waals surface area contributed by atoms with Crippen LogP contribution in [0.15, 0.2) is 36.7 Å². The van der Waals surface area contributed by atoms with Gasteiger partial charge in [0.1, 0.15) is 17.6 Å². The molecule has 0 radical (unpaired) electrons. The maximum Gasteiger partial charge on any atom is 0.227 e. The van der Waals surface area contributed by atoms with Crippen molar-refractivity contribution in [3.8, 4) is 17.2 Å². The van der Waals surface area contributed by atoms with E-state index in [1.165, 1.54) is 0 Å². The van der Waals surface area contributed by atoms with Crippen molar-refractivity contribution in [2.75, 3.05) is 57.7 Å². The number of nitrogens with one attached hydrogen (secondary N) is 1. The van der Waals surface area contributed by atoms with E-state index in [1.54, 1.807) is 32.7 Å². The Hall–Kier alpha value is -2.94. The van der Waals surface area contributed by atoms with Crippen LogP contribution in [0.1, 0.15) is 24.2 Å². The predicted molar refractivity (Wildman–Crippen MR) is 145 cm³/mol. The number of rotatable bonds is 8. The number of halogens is 2. The van der Waals surface area contributed by atoms with Crippen LogP contribution in [0.2, 0.25) is 10.0 Å². The Labute approximate surface area is 222 Å². The smallest absolute Gasteiger partial charge is 0.227 e. The lowest BCUT2D eigenvalue weighted by molar-refractivity contribution is 0.224. The molecule has 10 heteroatoms. The molecule has 1 fully saturated rings. The molecule has 0 bridgehead atoms. The van der Waals surface area contributed by atoms with Crippen LogP contribution < -0.4 is 24.4 Å². The molecule has 0 amide bonds. The summed E-state index contributed by atoms with van der Waals surface area (Å²) in [4.78, 5) is 13.5. The largest absolute Gasteiger partial charge is 0.495 e. The Morgan fingerprint density at radius 2 is 1.61 bits per heavy atom. The number of aryl methyl sites for hydroxylation is 1. The lowest BCUT2D eigenvalue weighted by atomic mass is 10.1. The first kappa shape index (κ1) is 26.1. The molecule has 1 N–H and O–H groups in total. The summed E-state index contributed by atoms with van der Waals surface area (Å²) in [5.41, 5.74) is 3.43. The lowest BCUT2D eigenvalue weighted by Crippen LogP contribution is -2.44. The topological polar surface area (TPSA) is 72.0 Å². The summed E-state index contributed by atoms with van der Waals surface area (Å²) in [6, 6.07) is 7.83. The van der Waals surface area contributed by atoms with Crippen LogP contribution in [0.25, 0.3) is 0 Å². The zero-order chi connectivity index (χ0) is 25.8. The molecule has 4 rings (SSSR count). The van der Waals surface area contributed by atoms with E-state index in [0.29, 0.717) is 33.1 Å². The van der Waals surface area contributed by atoms with Gasteiger partial charge in [0, 0.05) is 43.5 Å². The Kier molecular flexibility index (Phi) is 8.28. The lowest BCUT2D eigenvalue weighted by Gasteiger charge is -2.34. The van der Waals surface area contributed by atoms with Crippen LogP contribution >= 0.6 is 23.2 Å². The Morgan fingerprint density at radius 3 is 2.25 bits per heavy atom. The number of aromatic nitrogens is 2. The zero-order valence-corrected chi connectivity index (χ0v) is 22.7. The Morgan fingerprint density at radius 1 is 0.944 bits per heavy atom. The third-order valence-corrected chi connectivity index (χ3v) is 7.12. The normalized spacial score (nSPS) is 14.9. The molecular weight excluding hydrogens is 501 g/mol. The van der Waals surface area contributed by atoms with E-state index in [1.807, 2.05) is 26.0 Å². The van der Waals surface area contributed by atoms with Gasteiger partial charge in [-0.2, -0.15) is 0 Å². The second-order valence-electron chi connectivity index (χ2n) is 8.74. The van der Waals surface area contributed by atoms with Gasteiger partial charge in [0.2, 0.25) is 5.95 Å². The van der Waals surface area contributed by atoms with E-state index in [0.717, 1.165) is 48.9 Å². The van der Waals surface area contributed by atoms with Crippen LogP contribution in [-0.4, -0.2) is 62.3 Å². The van der Waals surface area contributed by atoms with E-state index in [9.17, 15) is 0 Å². The van der Waals surface area contributed by atoms with Gasteiger partial charge in [-0.25, -0.2) is 9.97 Å². The van der Waals surface area contributed by atoms with Crippen molar-refractivity contribution >= 4 is 40.5 Å². The summed E-state index contributed by atoms with van der Waals surface area (Å²) in [5.74, 6) is 2.29. The van der Waals surface area contributed by atoms with E-state index in [2.05, 4.69) is 38.2 Å². The standard InChI is InChI=1S/C26H31Cl2N5O3/c1-16-12-22(35-5)25(28)23(24(16)27)17(2)36-19-14-29-26(30-15-19)31-18-6-7-20(21(13-18)34-4)33-10-8-32(3)9-11-33/h6-7,12-15,17H,8-11H2,1-5H3,(H,29,30,31). The van der Waals surface area contributed by atoms with Crippen molar-refractivity contribution in [2.24, 2.45) is 0 Å². The highest BCUT2D eigenvalue weighted by molar-refractivity contribution is 6.37. The highest BCUT2D eigenvalue weighted by Gasteiger charge is 2.22. The first-order valence-corrected chi connectivity index (χ1v) is 12.5. The maximum atomic E-state index is 6.52. The summed E-state index contributed by atoms with van der Waals surface area (Å²) in [6.45, 7) is 7.75. The molecule has 2 aromatic carbocycles. The minimum atomic E-state index is -0.437. The van der Waals surface area contributed by atoms with E-state index in [-0.39, 0.29) is 0 Å². The number of likely N-dealkylation sites (N-methyl/N-ethyl adjacent to an activating group) is 1. The first-order valence-electron chi connectivity index (χ1n) is 11.7. The third-order valence-electron chi connectivity index (χ3n) is 6.23. The number of anilines is 3. The molecule has 2 heterocycles. The summed E-state index contributed by atoms with van der Waals surface area (Å²) >= 11 is 13.0. The van der Waals surface area contributed by atoms with Gasteiger partial charge in [0.25, 0.3) is 0 Å². The van der Waals surface area contributed by atoms with Crippen molar-refractivity contribution < 1.29 is 14.2 Å². The molecule has 1 saturated heterocycles. The van der Waals surface area contributed by atoms with Gasteiger partial charge in [-0.3, -0.25) is 0 Å². The quantitative estimate of drug-likeness (QED) is 0.394. The molecule has 36 heavy (non-hydrogen) atoms. The number of piperazine rings is 1. The van der Waals surface area contributed by atoms with Crippen molar-refractivity contribution in [1.29, 1.82) is 0 Å². The molecule has 1 aliphatic heterocycles. The fraction of sp³-hybridized carbons (Fsp3) is 0.385. The van der Waals surface area contributed by atoms with Gasteiger partial charge >= 0.3 is 0 Å². The number of benzene rings is 2. The fourth-order valence-corrected chi connectivity index (χ4v) is 4.90. The number of hydrogen-bond acceptors (Lipinski definition) is 8. The molecular formula is C26H31Cl2N5O3. The van der Waals surface area contributed by atoms with Gasteiger partial charge in [0.15, 0.2) is 5.75 Å². The van der Waals surface area contributed by atoms with Gasteiger partial charge in [-0.15, -0.1) is 0 Å². The maximum absolute atomic E-state index is 6.52. The second-order valence-corrected chi connectivity index (χ2v) is 9.50. The van der Waals surface area contributed by atoms with Gasteiger partial charge in [-0.1, -0.05) is 23.2 Å². The molecule has 1 unspecified atom stereocenters. The summed E-state index contributed by atoms with van der Waals surface area (Å²) < 4.78 is 17.1. The molecule has 0 spiro atoms. The van der Waals surface area contributed by atoms with Crippen LogP contribution in [-0.2, 0) is 0 Å². The van der Waals surface area contributed by atoms with Gasteiger partial charge < -0.3 is 29.3 Å². The number of nitrogens with zero attached hydrogens (tertiary/aromatic N) is 4. The van der Waals surface area contributed by atoms with Crippen molar-refractivity contribution in [1.82, 2.24) is 14.9 Å². The highest BCUT2D eigenvalue weighted by atomic mass is 35.5. The fourth-order valence-electron chi connectivity index (χ4n) is 4.17. The molecule has 192 valence electrons. The van der Waals surface area contributed by atoms with E-state index >= 15 is 0 Å². The van der Waals surface area contributed by atoms with Gasteiger partial charge in [-0.05, 0) is 44.7 Å². The van der Waals surface area contributed by atoms with Crippen LogP contribution in [0.4, 0.5) is 17.3 Å². The monoisotopic (exact) mass is 531 g/mol. The highest BCUT2D eigenvalue weighted by Crippen LogP contribution is 2.41. The predicted octanol–water partition coefficient (Wildman–Crippen LogP) is 5.74. The molecule has 3 aromatic rings. The SMILES string of the molecule is COc1cc(Nc2ncc(OC(C)c3c(Cl)c(C)cc(OC)c3Cl)cn2)ccc1N1CCN(C)CC1. The first-order chi connectivity index (χ1) is 17.3. The van der Waals surface area contributed by atoms with Crippen LogP contribution in [0, 0.1) is 6.92 Å². The number of hydrogen-bond donors (Lipinski definition) is 1. The zero-order valence-electron chi connectivity index (χ0n) is 21.1. The average Bonchev–Trinajstić information content (AvgIpc) is 2.88. The Bertz CT molecular complexity index is 1200. The van der Waals surface area contributed by atoms with E-state index in [4.69, 9.17) is 37.4 Å². The Balaban J connectivity index is 1.45. The third kappa shape index (κ3) is 5.72. The van der Waals surface area contributed by atoms with Gasteiger partial charge in [0.05, 0.1) is 42.3 Å². The molecule has 8 nitrogen and oxygen atoms in total. The molecule has 1 aromatic heterocycles. The molecule has 1 atom stereocenters. The average molecular weight is 532 g/mol. The summed E-state index contributed by atoms with van der Waals surface area (Å²) in [6.07, 6.45) is 2.78. The minimum absolute atomic E-state index is 0.425. The van der Waals surface area contributed by atoms with Crippen molar-refractivity contribution in [2.45, 2.75) is 20.0 Å². The van der Waals surface area contributed by atoms with E-state index < -0.39 is 6.10 Å². The molecule has 1 aliphatic rings. The second kappa shape index (κ2) is 11.4. The summed E-state index contributed by atoms with van der Waals surface area (Å²) in [5, 5.41) is 4.19. The minimum Gasteiger partial charge on any atom is -0.495 e. The number of methoxy groups -OCH3 is 2. The van der Waals surface area contributed by atoms with Crippen molar-refractivity contribution in [3.05, 3.63) is 57.8 Å².